The topological polar surface area (TPSA) is 71.3 Å². The number of aryl methyl sites for hydroxylation is 1. The Morgan fingerprint density at radius 1 is 0.970 bits per heavy atom. The van der Waals surface area contributed by atoms with E-state index in [9.17, 15) is 9.59 Å². The molecule has 4 rings (SSSR count). The molecule has 0 radical (unpaired) electrons. The molecular weight excluding hydrogens is 479 g/mol. The number of nitrogens with zero attached hydrogens (tertiary/aromatic N) is 1. The van der Waals surface area contributed by atoms with Gasteiger partial charge in [-0.25, -0.2) is 0 Å². The maximum Gasteiger partial charge on any atom is 0.307 e. The molecule has 1 amide bonds. The highest BCUT2D eigenvalue weighted by atomic mass is 35.5. The van der Waals surface area contributed by atoms with Crippen molar-refractivity contribution < 1.29 is 14.7 Å². The highest BCUT2D eigenvalue weighted by molar-refractivity contribution is 7.98. The highest BCUT2D eigenvalue weighted by Gasteiger charge is 2.16. The van der Waals surface area contributed by atoms with Crippen LogP contribution in [-0.4, -0.2) is 21.6 Å². The van der Waals surface area contributed by atoms with Crippen molar-refractivity contribution in [2.24, 2.45) is 7.05 Å². The Morgan fingerprint density at radius 2 is 1.64 bits per heavy atom. The molecule has 0 fully saturated rings. The summed E-state index contributed by atoms with van der Waals surface area (Å²) in [5, 5.41) is 13.4. The lowest BCUT2D eigenvalue weighted by atomic mass is 10.1. The zero-order valence-electron chi connectivity index (χ0n) is 17.6. The second-order valence-electron chi connectivity index (χ2n) is 7.54. The molecule has 0 saturated carbocycles. The molecule has 4 aromatic rings. The van der Waals surface area contributed by atoms with Crippen LogP contribution >= 0.6 is 35.0 Å². The molecule has 0 aliphatic heterocycles. The first-order valence-corrected chi connectivity index (χ1v) is 11.8. The minimum Gasteiger partial charge on any atom is -0.481 e. The summed E-state index contributed by atoms with van der Waals surface area (Å²) in [4.78, 5) is 24.7. The lowest BCUT2D eigenvalue weighted by Crippen LogP contribution is -2.15. The van der Waals surface area contributed by atoms with E-state index in [1.807, 2.05) is 61.6 Å². The van der Waals surface area contributed by atoms with Crippen molar-refractivity contribution in [3.8, 4) is 0 Å². The lowest BCUT2D eigenvalue weighted by Gasteiger charge is -2.08. The van der Waals surface area contributed by atoms with E-state index >= 15 is 0 Å². The van der Waals surface area contributed by atoms with Crippen molar-refractivity contribution in [1.29, 1.82) is 0 Å². The number of rotatable bonds is 7. The quantitative estimate of drug-likeness (QED) is 0.279. The van der Waals surface area contributed by atoms with Crippen molar-refractivity contribution in [3.63, 3.8) is 0 Å². The van der Waals surface area contributed by atoms with Gasteiger partial charge in [0.25, 0.3) is 5.91 Å². The Labute approximate surface area is 205 Å². The highest BCUT2D eigenvalue weighted by Crippen LogP contribution is 2.33. The van der Waals surface area contributed by atoms with E-state index in [1.54, 1.807) is 28.5 Å². The second kappa shape index (κ2) is 9.91. The van der Waals surface area contributed by atoms with Gasteiger partial charge in [0.05, 0.1) is 16.5 Å². The van der Waals surface area contributed by atoms with Gasteiger partial charge in [-0.05, 0) is 53.6 Å². The molecule has 168 valence electrons. The van der Waals surface area contributed by atoms with Gasteiger partial charge in [-0.15, -0.1) is 11.8 Å². The van der Waals surface area contributed by atoms with Crippen molar-refractivity contribution in [2.45, 2.75) is 17.1 Å². The first-order chi connectivity index (χ1) is 15.8. The molecule has 1 heterocycles. The van der Waals surface area contributed by atoms with Crippen molar-refractivity contribution in [1.82, 2.24) is 4.57 Å². The van der Waals surface area contributed by atoms with Crippen LogP contribution in [0.15, 0.2) is 71.6 Å². The molecule has 0 unspecified atom stereocenters. The number of aliphatic carboxylic acids is 1. The zero-order chi connectivity index (χ0) is 23.5. The fourth-order valence-corrected chi connectivity index (χ4v) is 4.72. The molecule has 0 saturated heterocycles. The van der Waals surface area contributed by atoms with Crippen LogP contribution in [0.1, 0.15) is 21.6 Å². The van der Waals surface area contributed by atoms with Crippen molar-refractivity contribution >= 4 is 63.4 Å². The number of carboxylic acid groups (broad SMARTS) is 1. The summed E-state index contributed by atoms with van der Waals surface area (Å²) in [6.07, 6.45) is 0.0279. The number of nitrogens with one attached hydrogen (secondary N) is 1. The molecule has 0 atom stereocenters. The van der Waals surface area contributed by atoms with E-state index in [0.29, 0.717) is 21.4 Å². The summed E-state index contributed by atoms with van der Waals surface area (Å²) < 4.78 is 1.79. The number of thioether (sulfide) groups is 1. The van der Waals surface area contributed by atoms with Gasteiger partial charge in [0.15, 0.2) is 0 Å². The third-order valence-electron chi connectivity index (χ3n) is 5.24. The molecular formula is C25H20Cl2N2O3S. The van der Waals surface area contributed by atoms with E-state index in [-0.39, 0.29) is 12.3 Å². The third-order valence-corrected chi connectivity index (χ3v) is 7.14. The number of halogens is 2. The van der Waals surface area contributed by atoms with Crippen LogP contribution in [0.5, 0.6) is 0 Å². The molecule has 8 heteroatoms. The van der Waals surface area contributed by atoms with E-state index < -0.39 is 5.97 Å². The summed E-state index contributed by atoms with van der Waals surface area (Å²) in [5.41, 5.74) is 3.90. The molecule has 0 spiro atoms. The fourth-order valence-electron chi connectivity index (χ4n) is 3.49. The van der Waals surface area contributed by atoms with Crippen molar-refractivity contribution in [3.05, 3.63) is 93.6 Å². The Bertz CT molecular complexity index is 1330. The number of anilines is 1. The van der Waals surface area contributed by atoms with Crippen LogP contribution in [0.4, 0.5) is 5.69 Å². The number of carbonyl (C=O) groups excluding carboxylic acids is 1. The molecule has 0 aliphatic carbocycles. The molecule has 33 heavy (non-hydrogen) atoms. The SMILES string of the molecule is Cn1c(C(=O)Nc2ccc(SCc3ccc(CC(=O)O)cc3)cc2)cc2c(Cl)c(Cl)ccc21. The number of aromatic nitrogens is 1. The molecule has 3 aromatic carbocycles. The lowest BCUT2D eigenvalue weighted by molar-refractivity contribution is -0.136. The molecule has 2 N–H and O–H groups in total. The normalized spacial score (nSPS) is 11.0. The van der Waals surface area contributed by atoms with Gasteiger partial charge >= 0.3 is 5.97 Å². The average molecular weight is 499 g/mol. The summed E-state index contributed by atoms with van der Waals surface area (Å²) in [5.74, 6) is -0.307. The monoisotopic (exact) mass is 498 g/mol. The first kappa shape index (κ1) is 23.2. The predicted molar refractivity (Wildman–Crippen MR) is 135 cm³/mol. The number of benzene rings is 3. The minimum atomic E-state index is -0.835. The van der Waals surface area contributed by atoms with Gasteiger partial charge in [0.2, 0.25) is 0 Å². The Kier molecular flexibility index (Phi) is 6.98. The Hall–Kier alpha value is -2.93. The van der Waals surface area contributed by atoms with Crippen LogP contribution in [-0.2, 0) is 24.0 Å². The summed E-state index contributed by atoms with van der Waals surface area (Å²) >= 11 is 14.1. The second-order valence-corrected chi connectivity index (χ2v) is 9.37. The first-order valence-electron chi connectivity index (χ1n) is 10.1. The molecule has 0 bridgehead atoms. The standard InChI is InChI=1S/C25H20Cl2N2O3S/c1-29-21-11-10-20(26)24(27)19(21)13-22(29)25(32)28-17-6-8-18(9-7-17)33-14-16-4-2-15(3-5-16)12-23(30)31/h2-11,13H,12,14H2,1H3,(H,28,32)(H,30,31). The number of carbonyl (C=O) groups is 2. The van der Waals surface area contributed by atoms with E-state index in [4.69, 9.17) is 28.3 Å². The molecule has 0 aliphatic rings. The maximum absolute atomic E-state index is 12.8. The van der Waals surface area contributed by atoms with E-state index in [0.717, 1.165) is 32.7 Å². The van der Waals surface area contributed by atoms with Crippen LogP contribution in [0.25, 0.3) is 10.9 Å². The van der Waals surface area contributed by atoms with Gasteiger partial charge in [-0.3, -0.25) is 9.59 Å². The van der Waals surface area contributed by atoms with Crippen molar-refractivity contribution in [2.75, 3.05) is 5.32 Å². The summed E-state index contributed by atoms with van der Waals surface area (Å²) in [6, 6.07) is 20.5. The number of hydrogen-bond donors (Lipinski definition) is 2. The van der Waals surface area contributed by atoms with Crippen LogP contribution < -0.4 is 5.32 Å². The van der Waals surface area contributed by atoms with Gasteiger partial charge in [0.1, 0.15) is 5.69 Å². The summed E-state index contributed by atoms with van der Waals surface area (Å²) in [6.45, 7) is 0. The summed E-state index contributed by atoms with van der Waals surface area (Å²) in [7, 11) is 1.81. The maximum atomic E-state index is 12.8. The molecule has 5 nitrogen and oxygen atoms in total. The number of carboxylic acids is 1. The van der Waals surface area contributed by atoms with E-state index in [2.05, 4.69) is 5.32 Å². The largest absolute Gasteiger partial charge is 0.481 e. The van der Waals surface area contributed by atoms with Gasteiger partial charge in [-0.2, -0.15) is 0 Å². The zero-order valence-corrected chi connectivity index (χ0v) is 20.0. The fraction of sp³-hybridized carbons (Fsp3) is 0.120. The van der Waals surface area contributed by atoms with Crippen LogP contribution in [0.3, 0.4) is 0 Å². The number of fused-ring (bicyclic) bond motifs is 1. The Morgan fingerprint density at radius 3 is 2.30 bits per heavy atom. The average Bonchev–Trinajstić information content (AvgIpc) is 3.13. The third kappa shape index (κ3) is 5.36. The van der Waals surface area contributed by atoms with E-state index in [1.165, 1.54) is 0 Å². The van der Waals surface area contributed by atoms with Crippen LogP contribution in [0.2, 0.25) is 10.0 Å². The van der Waals surface area contributed by atoms with Gasteiger partial charge in [0, 0.05) is 34.3 Å². The number of hydrogen-bond acceptors (Lipinski definition) is 3. The minimum absolute atomic E-state index is 0.0279. The number of amides is 1. The van der Waals surface area contributed by atoms with Crippen LogP contribution in [0, 0.1) is 0 Å². The van der Waals surface area contributed by atoms with Gasteiger partial charge < -0.3 is 15.0 Å². The smallest absolute Gasteiger partial charge is 0.307 e. The molecule has 1 aromatic heterocycles. The van der Waals surface area contributed by atoms with Gasteiger partial charge in [-0.1, -0.05) is 47.5 Å². The predicted octanol–water partition coefficient (Wildman–Crippen LogP) is 6.66. The Balaban J connectivity index is 1.39.